The van der Waals surface area contributed by atoms with Gasteiger partial charge in [0, 0.05) is 11.8 Å². The van der Waals surface area contributed by atoms with Crippen LogP contribution in [0.3, 0.4) is 0 Å². The van der Waals surface area contributed by atoms with Crippen molar-refractivity contribution >= 4 is 17.7 Å². The van der Waals surface area contributed by atoms with Gasteiger partial charge in [0.2, 0.25) is 5.95 Å². The van der Waals surface area contributed by atoms with Gasteiger partial charge in [0.1, 0.15) is 11.4 Å². The molecule has 14 heavy (non-hydrogen) atoms. The van der Waals surface area contributed by atoms with Crippen LogP contribution in [0.5, 0.6) is 0 Å². The normalized spacial score (nSPS) is 9.86. The third-order valence-electron chi connectivity index (χ3n) is 1.39. The van der Waals surface area contributed by atoms with Crippen molar-refractivity contribution in [3.8, 4) is 0 Å². The fourth-order valence-electron chi connectivity index (χ4n) is 0.737. The number of carbonyl (C=O) groups excluding carboxylic acids is 1. The van der Waals surface area contributed by atoms with Gasteiger partial charge in [0.25, 0.3) is 0 Å². The standard InChI is InChI=1S/C8H9FN2O2S/c1-13-8(12)2-3-14-7-4-6(9)10-5-11-7/h4-5H,2-3H2,1H3. The molecule has 0 bridgehead atoms. The average molecular weight is 216 g/mol. The molecule has 0 atom stereocenters. The van der Waals surface area contributed by atoms with Crippen LogP contribution in [0.2, 0.25) is 0 Å². The molecule has 0 spiro atoms. The second-order valence-corrected chi connectivity index (χ2v) is 3.47. The Balaban J connectivity index is 2.35. The maximum atomic E-state index is 12.6. The van der Waals surface area contributed by atoms with Gasteiger partial charge < -0.3 is 4.74 Å². The number of nitrogens with zero attached hydrogens (tertiary/aromatic N) is 2. The molecule has 0 saturated carbocycles. The SMILES string of the molecule is COC(=O)CCSc1cc(F)ncn1. The Morgan fingerprint density at radius 3 is 3.07 bits per heavy atom. The molecular weight excluding hydrogens is 207 g/mol. The zero-order valence-electron chi connectivity index (χ0n) is 7.57. The molecule has 0 aliphatic rings. The van der Waals surface area contributed by atoms with Crippen molar-refractivity contribution < 1.29 is 13.9 Å². The van der Waals surface area contributed by atoms with Gasteiger partial charge in [-0.15, -0.1) is 11.8 Å². The number of hydrogen-bond donors (Lipinski definition) is 0. The Bertz CT molecular complexity index is 322. The first-order valence-electron chi connectivity index (χ1n) is 3.89. The van der Waals surface area contributed by atoms with E-state index in [2.05, 4.69) is 14.7 Å². The molecule has 0 fully saturated rings. The summed E-state index contributed by atoms with van der Waals surface area (Å²) in [5, 5.41) is 0.515. The zero-order valence-corrected chi connectivity index (χ0v) is 8.38. The Morgan fingerprint density at radius 2 is 2.43 bits per heavy atom. The van der Waals surface area contributed by atoms with Gasteiger partial charge in [-0.3, -0.25) is 4.79 Å². The first-order chi connectivity index (χ1) is 6.72. The molecule has 1 rings (SSSR count). The van der Waals surface area contributed by atoms with E-state index in [9.17, 15) is 9.18 Å². The fourth-order valence-corrected chi connectivity index (χ4v) is 1.52. The third-order valence-corrected chi connectivity index (χ3v) is 2.32. The molecule has 1 heterocycles. The average Bonchev–Trinajstić information content (AvgIpc) is 2.17. The van der Waals surface area contributed by atoms with Crippen LogP contribution in [-0.2, 0) is 9.53 Å². The maximum Gasteiger partial charge on any atom is 0.306 e. The van der Waals surface area contributed by atoms with Crippen LogP contribution < -0.4 is 0 Å². The van der Waals surface area contributed by atoms with Gasteiger partial charge in [0.15, 0.2) is 0 Å². The lowest BCUT2D eigenvalue weighted by molar-refractivity contribution is -0.140. The van der Waals surface area contributed by atoms with Crippen LogP contribution in [0.15, 0.2) is 17.4 Å². The monoisotopic (exact) mass is 216 g/mol. The minimum absolute atomic E-state index is 0.285. The number of rotatable bonds is 4. The van der Waals surface area contributed by atoms with E-state index in [-0.39, 0.29) is 12.4 Å². The molecule has 0 aliphatic heterocycles. The first-order valence-corrected chi connectivity index (χ1v) is 4.88. The van der Waals surface area contributed by atoms with E-state index >= 15 is 0 Å². The highest BCUT2D eigenvalue weighted by Crippen LogP contribution is 2.15. The summed E-state index contributed by atoms with van der Waals surface area (Å²) in [7, 11) is 1.33. The topological polar surface area (TPSA) is 52.1 Å². The molecular formula is C8H9FN2O2S. The molecule has 0 unspecified atom stereocenters. The van der Waals surface area contributed by atoms with Crippen molar-refractivity contribution in [2.24, 2.45) is 0 Å². The highest BCUT2D eigenvalue weighted by Gasteiger charge is 2.02. The number of carbonyl (C=O) groups is 1. The summed E-state index contributed by atoms with van der Waals surface area (Å²) in [4.78, 5) is 17.9. The van der Waals surface area contributed by atoms with Gasteiger partial charge in [-0.1, -0.05) is 0 Å². The lowest BCUT2D eigenvalue weighted by Crippen LogP contribution is -2.01. The molecule has 0 radical (unpaired) electrons. The Kier molecular flexibility index (Phi) is 4.31. The molecule has 76 valence electrons. The van der Waals surface area contributed by atoms with Gasteiger partial charge >= 0.3 is 5.97 Å². The molecule has 6 heteroatoms. The van der Waals surface area contributed by atoms with E-state index in [1.807, 2.05) is 0 Å². The first kappa shape index (κ1) is 10.9. The summed E-state index contributed by atoms with van der Waals surface area (Å²) in [5.41, 5.74) is 0. The summed E-state index contributed by atoms with van der Waals surface area (Å²) >= 11 is 1.29. The highest BCUT2D eigenvalue weighted by atomic mass is 32.2. The van der Waals surface area contributed by atoms with Crippen LogP contribution >= 0.6 is 11.8 Å². The molecule has 0 aromatic carbocycles. The van der Waals surface area contributed by atoms with E-state index < -0.39 is 5.95 Å². The van der Waals surface area contributed by atoms with Crippen molar-refractivity contribution in [2.75, 3.05) is 12.9 Å². The van der Waals surface area contributed by atoms with Crippen molar-refractivity contribution in [3.05, 3.63) is 18.3 Å². The van der Waals surface area contributed by atoms with E-state index in [4.69, 9.17) is 0 Å². The molecule has 0 N–H and O–H groups in total. The summed E-state index contributed by atoms with van der Waals surface area (Å²) in [5.74, 6) is -0.337. The van der Waals surface area contributed by atoms with Gasteiger partial charge in [-0.25, -0.2) is 9.97 Å². The van der Waals surface area contributed by atoms with E-state index in [1.165, 1.54) is 24.9 Å². The van der Waals surface area contributed by atoms with Crippen LogP contribution in [0.25, 0.3) is 0 Å². The smallest absolute Gasteiger partial charge is 0.306 e. The predicted molar refractivity (Wildman–Crippen MR) is 49.3 cm³/mol. The largest absolute Gasteiger partial charge is 0.469 e. The number of esters is 1. The second kappa shape index (κ2) is 5.54. The van der Waals surface area contributed by atoms with Crippen molar-refractivity contribution in [1.82, 2.24) is 9.97 Å². The zero-order chi connectivity index (χ0) is 10.4. The second-order valence-electron chi connectivity index (χ2n) is 2.35. The minimum atomic E-state index is -0.569. The van der Waals surface area contributed by atoms with Crippen molar-refractivity contribution in [1.29, 1.82) is 0 Å². The van der Waals surface area contributed by atoms with Crippen LogP contribution in [0, 0.1) is 5.95 Å². The molecule has 0 aliphatic carbocycles. The van der Waals surface area contributed by atoms with Gasteiger partial charge in [-0.2, -0.15) is 4.39 Å². The maximum absolute atomic E-state index is 12.6. The summed E-state index contributed by atoms with van der Waals surface area (Å²) < 4.78 is 17.0. The highest BCUT2D eigenvalue weighted by molar-refractivity contribution is 7.99. The van der Waals surface area contributed by atoms with E-state index in [1.54, 1.807) is 0 Å². The fraction of sp³-hybridized carbons (Fsp3) is 0.375. The molecule has 0 saturated heterocycles. The molecule has 1 aromatic heterocycles. The number of halogens is 1. The van der Waals surface area contributed by atoms with Crippen LogP contribution in [0.1, 0.15) is 6.42 Å². The van der Waals surface area contributed by atoms with E-state index in [0.29, 0.717) is 10.8 Å². The predicted octanol–water partition coefficient (Wildman–Crippen LogP) is 1.27. The quantitative estimate of drug-likeness (QED) is 0.431. The Morgan fingerprint density at radius 1 is 1.64 bits per heavy atom. The number of aromatic nitrogens is 2. The van der Waals surface area contributed by atoms with Crippen molar-refractivity contribution in [2.45, 2.75) is 11.4 Å². The minimum Gasteiger partial charge on any atom is -0.469 e. The van der Waals surface area contributed by atoms with Crippen LogP contribution in [-0.4, -0.2) is 28.8 Å². The number of hydrogen-bond acceptors (Lipinski definition) is 5. The Labute approximate surface area is 84.9 Å². The van der Waals surface area contributed by atoms with Crippen molar-refractivity contribution in [3.63, 3.8) is 0 Å². The van der Waals surface area contributed by atoms with Gasteiger partial charge in [-0.05, 0) is 0 Å². The van der Waals surface area contributed by atoms with E-state index in [0.717, 1.165) is 6.33 Å². The Hall–Kier alpha value is -1.17. The number of ether oxygens (including phenoxy) is 1. The molecule has 1 aromatic rings. The summed E-state index contributed by atoms with van der Waals surface area (Å²) in [6.07, 6.45) is 1.43. The lowest BCUT2D eigenvalue weighted by atomic mass is 10.5. The summed E-state index contributed by atoms with van der Waals surface area (Å²) in [6.45, 7) is 0. The third kappa shape index (κ3) is 3.69. The summed E-state index contributed by atoms with van der Waals surface area (Å²) in [6, 6.07) is 1.22. The van der Waals surface area contributed by atoms with Gasteiger partial charge in [0.05, 0.1) is 13.5 Å². The van der Waals surface area contributed by atoms with Crippen LogP contribution in [0.4, 0.5) is 4.39 Å². The molecule has 0 amide bonds. The number of methoxy groups -OCH3 is 1. The number of thioether (sulfide) groups is 1. The lowest BCUT2D eigenvalue weighted by Gasteiger charge is -1.99. The molecule has 4 nitrogen and oxygen atoms in total.